The van der Waals surface area contributed by atoms with E-state index < -0.39 is 6.04 Å². The summed E-state index contributed by atoms with van der Waals surface area (Å²) in [5.74, 6) is -0.496. The van der Waals surface area contributed by atoms with Gasteiger partial charge in [-0.25, -0.2) is 0 Å². The van der Waals surface area contributed by atoms with Gasteiger partial charge >= 0.3 is 0 Å². The van der Waals surface area contributed by atoms with Crippen LogP contribution in [0.4, 0.5) is 0 Å². The molecule has 0 spiro atoms. The third-order valence-corrected chi connectivity index (χ3v) is 4.19. The normalized spacial score (nSPS) is 17.0. The summed E-state index contributed by atoms with van der Waals surface area (Å²) in [5.41, 5.74) is 6.39. The maximum Gasteiger partial charge on any atom is 0.240 e. The second-order valence-corrected chi connectivity index (χ2v) is 6.56. The van der Waals surface area contributed by atoms with Gasteiger partial charge in [-0.3, -0.25) is 9.59 Å². The van der Waals surface area contributed by atoms with Gasteiger partial charge in [-0.05, 0) is 36.5 Å². The second kappa shape index (κ2) is 6.67. The van der Waals surface area contributed by atoms with Crippen LogP contribution in [-0.2, 0) is 15.1 Å². The SMILES string of the molecule is CC(C)[C@H](N)C(=O)NCC(=O)NC1(c2cccc(Cl)c2)CC1. The lowest BCUT2D eigenvalue weighted by molar-refractivity contribution is -0.127. The minimum atomic E-state index is -0.601. The Morgan fingerprint density at radius 3 is 2.59 bits per heavy atom. The van der Waals surface area contributed by atoms with Crippen LogP contribution in [0.5, 0.6) is 0 Å². The van der Waals surface area contributed by atoms with E-state index in [9.17, 15) is 9.59 Å². The van der Waals surface area contributed by atoms with Gasteiger partial charge in [0.1, 0.15) is 0 Å². The Hall–Kier alpha value is -1.59. The average Bonchev–Trinajstić information content (AvgIpc) is 3.24. The summed E-state index contributed by atoms with van der Waals surface area (Å²) in [6.45, 7) is 3.66. The van der Waals surface area contributed by atoms with Crippen molar-refractivity contribution < 1.29 is 9.59 Å². The fourth-order valence-corrected chi connectivity index (χ4v) is 2.49. The first-order chi connectivity index (χ1) is 10.3. The standard InChI is InChI=1S/C16H22ClN3O2/c1-10(2)14(18)15(22)19-9-13(21)20-16(6-7-16)11-4-3-5-12(17)8-11/h3-5,8,10,14H,6-7,9,18H2,1-2H3,(H,19,22)(H,20,21)/t14-/m0/s1. The van der Waals surface area contributed by atoms with Crippen LogP contribution in [0, 0.1) is 5.92 Å². The molecule has 1 aliphatic rings. The Labute approximate surface area is 135 Å². The van der Waals surface area contributed by atoms with Crippen molar-refractivity contribution in [3.05, 3.63) is 34.9 Å². The predicted molar refractivity (Wildman–Crippen MR) is 86.3 cm³/mol. The highest BCUT2D eigenvalue weighted by molar-refractivity contribution is 6.30. The number of halogens is 1. The molecule has 0 saturated heterocycles. The summed E-state index contributed by atoms with van der Waals surface area (Å²) < 4.78 is 0. The van der Waals surface area contributed by atoms with E-state index in [1.54, 1.807) is 6.07 Å². The number of carbonyl (C=O) groups excluding carboxylic acids is 2. The van der Waals surface area contributed by atoms with Crippen molar-refractivity contribution in [3.8, 4) is 0 Å². The number of hydrogen-bond acceptors (Lipinski definition) is 3. The van der Waals surface area contributed by atoms with Crippen molar-refractivity contribution in [1.29, 1.82) is 0 Å². The van der Waals surface area contributed by atoms with E-state index in [1.807, 2.05) is 32.0 Å². The van der Waals surface area contributed by atoms with Crippen LogP contribution in [0.2, 0.25) is 5.02 Å². The maximum atomic E-state index is 12.1. The molecule has 120 valence electrons. The summed E-state index contributed by atoms with van der Waals surface area (Å²) in [4.78, 5) is 23.8. The molecule has 0 aliphatic heterocycles. The van der Waals surface area contributed by atoms with Crippen LogP contribution >= 0.6 is 11.6 Å². The molecule has 0 aromatic heterocycles. The van der Waals surface area contributed by atoms with Gasteiger partial charge in [0.2, 0.25) is 11.8 Å². The van der Waals surface area contributed by atoms with Gasteiger partial charge in [-0.2, -0.15) is 0 Å². The average molecular weight is 324 g/mol. The largest absolute Gasteiger partial charge is 0.346 e. The first-order valence-corrected chi connectivity index (χ1v) is 7.82. The highest BCUT2D eigenvalue weighted by Crippen LogP contribution is 2.45. The van der Waals surface area contributed by atoms with Crippen LogP contribution in [0.1, 0.15) is 32.3 Å². The Bertz CT molecular complexity index is 570. The van der Waals surface area contributed by atoms with Crippen molar-refractivity contribution in [2.45, 2.75) is 38.3 Å². The van der Waals surface area contributed by atoms with Crippen molar-refractivity contribution >= 4 is 23.4 Å². The fraction of sp³-hybridized carbons (Fsp3) is 0.500. The highest BCUT2D eigenvalue weighted by Gasteiger charge is 2.45. The molecular formula is C16H22ClN3O2. The van der Waals surface area contributed by atoms with Crippen molar-refractivity contribution in [1.82, 2.24) is 10.6 Å². The number of amides is 2. The quantitative estimate of drug-likeness (QED) is 0.742. The molecule has 0 bridgehead atoms. The van der Waals surface area contributed by atoms with Crippen LogP contribution < -0.4 is 16.4 Å². The van der Waals surface area contributed by atoms with E-state index in [4.69, 9.17) is 17.3 Å². The molecule has 1 aromatic rings. The lowest BCUT2D eigenvalue weighted by atomic mass is 10.0. The molecule has 1 fully saturated rings. The number of nitrogens with one attached hydrogen (secondary N) is 2. The van der Waals surface area contributed by atoms with Crippen LogP contribution in [0.3, 0.4) is 0 Å². The molecule has 0 unspecified atom stereocenters. The summed E-state index contributed by atoms with van der Waals surface area (Å²) in [5, 5.41) is 6.20. The lowest BCUT2D eigenvalue weighted by Gasteiger charge is -2.19. The van der Waals surface area contributed by atoms with Crippen LogP contribution in [-0.4, -0.2) is 24.4 Å². The Morgan fingerprint density at radius 1 is 1.36 bits per heavy atom. The third-order valence-electron chi connectivity index (χ3n) is 3.95. The van der Waals surface area contributed by atoms with Crippen molar-refractivity contribution in [2.75, 3.05) is 6.54 Å². The van der Waals surface area contributed by atoms with E-state index in [-0.39, 0.29) is 29.8 Å². The number of nitrogens with two attached hydrogens (primary N) is 1. The van der Waals surface area contributed by atoms with Gasteiger partial charge in [0.25, 0.3) is 0 Å². The van der Waals surface area contributed by atoms with Gasteiger partial charge in [0, 0.05) is 5.02 Å². The van der Waals surface area contributed by atoms with E-state index in [2.05, 4.69) is 10.6 Å². The van der Waals surface area contributed by atoms with Crippen molar-refractivity contribution in [2.24, 2.45) is 11.7 Å². The van der Waals surface area contributed by atoms with Gasteiger partial charge < -0.3 is 16.4 Å². The Kier molecular flexibility index (Phi) is 5.08. The molecule has 5 nitrogen and oxygen atoms in total. The van der Waals surface area contributed by atoms with Gasteiger partial charge in [0.05, 0.1) is 18.1 Å². The minimum absolute atomic E-state index is 0.0318. The molecular weight excluding hydrogens is 302 g/mol. The molecule has 0 heterocycles. The molecule has 1 atom stereocenters. The first kappa shape index (κ1) is 16.8. The molecule has 4 N–H and O–H groups in total. The summed E-state index contributed by atoms with van der Waals surface area (Å²) in [6, 6.07) is 6.88. The van der Waals surface area contributed by atoms with Gasteiger partial charge in [-0.1, -0.05) is 37.6 Å². The zero-order valence-corrected chi connectivity index (χ0v) is 13.6. The topological polar surface area (TPSA) is 84.2 Å². The molecule has 1 aliphatic carbocycles. The zero-order valence-electron chi connectivity index (χ0n) is 12.9. The molecule has 1 aromatic carbocycles. The van der Waals surface area contributed by atoms with Crippen molar-refractivity contribution in [3.63, 3.8) is 0 Å². The molecule has 2 amide bonds. The van der Waals surface area contributed by atoms with Crippen LogP contribution in [0.15, 0.2) is 24.3 Å². The maximum absolute atomic E-state index is 12.1. The summed E-state index contributed by atoms with van der Waals surface area (Å²) in [7, 11) is 0. The highest BCUT2D eigenvalue weighted by atomic mass is 35.5. The van der Waals surface area contributed by atoms with E-state index in [1.165, 1.54) is 0 Å². The fourth-order valence-electron chi connectivity index (χ4n) is 2.30. The molecule has 22 heavy (non-hydrogen) atoms. The number of benzene rings is 1. The third kappa shape index (κ3) is 3.99. The summed E-state index contributed by atoms with van der Waals surface area (Å²) in [6.07, 6.45) is 1.75. The first-order valence-electron chi connectivity index (χ1n) is 7.44. The summed E-state index contributed by atoms with van der Waals surface area (Å²) >= 11 is 6.00. The zero-order chi connectivity index (χ0) is 16.3. The molecule has 1 saturated carbocycles. The smallest absolute Gasteiger partial charge is 0.240 e. The van der Waals surface area contributed by atoms with Crippen LogP contribution in [0.25, 0.3) is 0 Å². The molecule has 2 rings (SSSR count). The van der Waals surface area contributed by atoms with Gasteiger partial charge in [0.15, 0.2) is 0 Å². The second-order valence-electron chi connectivity index (χ2n) is 6.13. The van der Waals surface area contributed by atoms with E-state index >= 15 is 0 Å². The van der Waals surface area contributed by atoms with Gasteiger partial charge in [-0.15, -0.1) is 0 Å². The minimum Gasteiger partial charge on any atom is -0.346 e. The van der Waals surface area contributed by atoms with E-state index in [0.29, 0.717) is 5.02 Å². The monoisotopic (exact) mass is 323 g/mol. The Morgan fingerprint density at radius 2 is 2.05 bits per heavy atom. The Balaban J connectivity index is 1.89. The molecule has 6 heteroatoms. The van der Waals surface area contributed by atoms with E-state index in [0.717, 1.165) is 18.4 Å². The number of hydrogen-bond donors (Lipinski definition) is 3. The lowest BCUT2D eigenvalue weighted by Crippen LogP contribution is -2.48. The number of carbonyl (C=O) groups is 2. The number of rotatable bonds is 6. The molecule has 0 radical (unpaired) electrons. The predicted octanol–water partition coefficient (Wildman–Crippen LogP) is 1.54.